The molecule has 0 fully saturated rings. The van der Waals surface area contributed by atoms with Crippen molar-refractivity contribution in [2.24, 2.45) is 0 Å². The predicted molar refractivity (Wildman–Crippen MR) is 121 cm³/mol. The molecule has 0 spiro atoms. The number of carbonyl (C=O) groups is 1. The molecular weight excluding hydrogens is 461 g/mol. The smallest absolute Gasteiger partial charge is 0.445 e. The Hall–Kier alpha value is -4.34. The van der Waals surface area contributed by atoms with E-state index in [1.54, 1.807) is 24.3 Å². The molecule has 0 radical (unpaired) electrons. The zero-order valence-corrected chi connectivity index (χ0v) is 18.2. The molecule has 5 rings (SSSR count). The minimum absolute atomic E-state index is 0.186. The summed E-state index contributed by atoms with van der Waals surface area (Å²) in [7, 11) is 0. The molecule has 1 aliphatic rings. The number of halogens is 3. The predicted octanol–water partition coefficient (Wildman–Crippen LogP) is 5.55. The Kier molecular flexibility index (Phi) is 5.86. The Morgan fingerprint density at radius 2 is 1.60 bits per heavy atom. The highest BCUT2D eigenvalue weighted by Crippen LogP contribution is 2.26. The van der Waals surface area contributed by atoms with E-state index in [0.717, 1.165) is 0 Å². The number of benzene rings is 3. The summed E-state index contributed by atoms with van der Waals surface area (Å²) in [5, 5.41) is 7.09. The third kappa shape index (κ3) is 5.43. The van der Waals surface area contributed by atoms with Crippen molar-refractivity contribution in [1.82, 2.24) is 14.8 Å². The van der Waals surface area contributed by atoms with Crippen molar-refractivity contribution in [1.29, 1.82) is 0 Å². The van der Waals surface area contributed by atoms with Crippen LogP contribution in [0.2, 0.25) is 0 Å². The molecule has 3 aromatic carbocycles. The molecule has 0 aliphatic heterocycles. The fourth-order valence-electron chi connectivity index (χ4n) is 3.92. The van der Waals surface area contributed by atoms with Gasteiger partial charge in [0.05, 0.1) is 5.69 Å². The maximum absolute atomic E-state index is 12.3. The third-order valence-electron chi connectivity index (χ3n) is 5.50. The van der Waals surface area contributed by atoms with Crippen LogP contribution in [0.3, 0.4) is 0 Å². The van der Waals surface area contributed by atoms with Gasteiger partial charge in [-0.3, -0.25) is 5.32 Å². The highest BCUT2D eigenvalue weighted by molar-refractivity contribution is 5.85. The number of carbonyl (C=O) groups excluding carboxylic acids is 1. The number of nitrogens with zero attached hydrogens (tertiary/aromatic N) is 3. The minimum Gasteiger partial charge on any atom is -0.445 e. The average molecular weight is 480 g/mol. The molecule has 0 bridgehead atoms. The van der Waals surface area contributed by atoms with Crippen LogP contribution in [0.1, 0.15) is 11.1 Å². The molecule has 0 saturated carbocycles. The van der Waals surface area contributed by atoms with E-state index < -0.39 is 12.5 Å². The number of ether oxygens (including phenoxy) is 2. The van der Waals surface area contributed by atoms with Gasteiger partial charge in [0.2, 0.25) is 0 Å². The number of nitrogens with one attached hydrogen (secondary N) is 1. The van der Waals surface area contributed by atoms with Gasteiger partial charge >= 0.3 is 12.5 Å². The molecule has 0 unspecified atom stereocenters. The van der Waals surface area contributed by atoms with Crippen LogP contribution in [0, 0.1) is 0 Å². The van der Waals surface area contributed by atoms with Crippen LogP contribution < -0.4 is 10.1 Å². The molecule has 4 aromatic rings. The van der Waals surface area contributed by atoms with Gasteiger partial charge in [0.25, 0.3) is 0 Å². The molecule has 1 aliphatic carbocycles. The van der Waals surface area contributed by atoms with E-state index in [4.69, 9.17) is 4.74 Å². The van der Waals surface area contributed by atoms with E-state index >= 15 is 0 Å². The highest BCUT2D eigenvalue weighted by atomic mass is 19.4. The van der Waals surface area contributed by atoms with Crippen molar-refractivity contribution in [3.05, 3.63) is 90.3 Å². The summed E-state index contributed by atoms with van der Waals surface area (Å²) in [6.07, 6.45) is -2.59. The molecular formula is C25H19F3N4O3. The average Bonchev–Trinajstić information content (AvgIpc) is 3.46. The van der Waals surface area contributed by atoms with Gasteiger partial charge in [-0.15, -0.1) is 18.3 Å². The second-order valence-corrected chi connectivity index (χ2v) is 7.96. The topological polar surface area (TPSA) is 78.3 Å². The quantitative estimate of drug-likeness (QED) is 0.405. The van der Waals surface area contributed by atoms with Crippen LogP contribution >= 0.6 is 0 Å². The summed E-state index contributed by atoms with van der Waals surface area (Å²) >= 11 is 0. The van der Waals surface area contributed by atoms with Gasteiger partial charge in [0, 0.05) is 24.1 Å². The second kappa shape index (κ2) is 9.13. The van der Waals surface area contributed by atoms with Gasteiger partial charge in [-0.05, 0) is 59.7 Å². The van der Waals surface area contributed by atoms with Gasteiger partial charge in [0.15, 0.2) is 5.82 Å². The van der Waals surface area contributed by atoms with Crippen molar-refractivity contribution < 1.29 is 27.4 Å². The minimum atomic E-state index is -4.75. The first-order chi connectivity index (χ1) is 16.8. The molecule has 35 heavy (non-hydrogen) atoms. The van der Waals surface area contributed by atoms with Crippen molar-refractivity contribution in [3.8, 4) is 22.8 Å². The maximum Gasteiger partial charge on any atom is 0.573 e. The van der Waals surface area contributed by atoms with Crippen LogP contribution in [-0.4, -0.2) is 33.3 Å². The molecule has 178 valence electrons. The second-order valence-electron chi connectivity index (χ2n) is 7.96. The first kappa shape index (κ1) is 22.5. The van der Waals surface area contributed by atoms with Gasteiger partial charge in [-0.2, -0.15) is 0 Å². The fraction of sp³-hybridized carbons (Fsp3) is 0.160. The third-order valence-corrected chi connectivity index (χ3v) is 5.50. The first-order valence-electron chi connectivity index (χ1n) is 10.8. The number of aromatic nitrogens is 3. The number of hydrogen-bond acceptors (Lipinski definition) is 5. The fourth-order valence-corrected chi connectivity index (χ4v) is 3.92. The first-order valence-corrected chi connectivity index (χ1v) is 10.8. The van der Waals surface area contributed by atoms with Crippen LogP contribution in [-0.2, 0) is 17.6 Å². The molecule has 7 nitrogen and oxygen atoms in total. The van der Waals surface area contributed by atoms with E-state index in [1.165, 1.54) is 46.4 Å². The number of hydrogen-bond donors (Lipinski definition) is 1. The van der Waals surface area contributed by atoms with E-state index in [0.29, 0.717) is 35.6 Å². The Labute approximate surface area is 198 Å². The van der Waals surface area contributed by atoms with Crippen molar-refractivity contribution >= 4 is 11.8 Å². The van der Waals surface area contributed by atoms with Crippen LogP contribution in [0.15, 0.2) is 79.1 Å². The standard InChI is InChI=1S/C25H19F3N4O3/c26-25(27,28)35-21-11-9-20(10-12-21)32-15-29-23(31-32)16-5-7-19(8-6-16)30-24(33)34-22-13-17-3-1-2-4-18(17)14-22/h1-12,15,22H,13-14H2,(H,30,33). The summed E-state index contributed by atoms with van der Waals surface area (Å²) in [4.78, 5) is 16.6. The molecule has 1 heterocycles. The van der Waals surface area contributed by atoms with Crippen molar-refractivity contribution in [2.75, 3.05) is 5.32 Å². The van der Waals surface area contributed by atoms with E-state index in [9.17, 15) is 18.0 Å². The van der Waals surface area contributed by atoms with E-state index in [1.807, 2.05) is 24.3 Å². The molecule has 1 aromatic heterocycles. The Morgan fingerprint density at radius 3 is 2.23 bits per heavy atom. The molecule has 0 saturated heterocycles. The van der Waals surface area contributed by atoms with Crippen LogP contribution in [0.25, 0.3) is 17.1 Å². The number of fused-ring (bicyclic) bond motifs is 1. The molecule has 10 heteroatoms. The summed E-state index contributed by atoms with van der Waals surface area (Å²) in [6, 6.07) is 20.3. The Morgan fingerprint density at radius 1 is 0.943 bits per heavy atom. The summed E-state index contributed by atoms with van der Waals surface area (Å²) in [6.45, 7) is 0. The van der Waals surface area contributed by atoms with Crippen LogP contribution in [0.4, 0.5) is 23.7 Å². The molecule has 0 atom stereocenters. The van der Waals surface area contributed by atoms with Crippen molar-refractivity contribution in [3.63, 3.8) is 0 Å². The maximum atomic E-state index is 12.3. The highest BCUT2D eigenvalue weighted by Gasteiger charge is 2.31. The van der Waals surface area contributed by atoms with E-state index in [-0.39, 0.29) is 11.9 Å². The summed E-state index contributed by atoms with van der Waals surface area (Å²) in [5.74, 6) is 0.0964. The number of amides is 1. The zero-order valence-electron chi connectivity index (χ0n) is 18.2. The lowest BCUT2D eigenvalue weighted by Crippen LogP contribution is -2.22. The monoisotopic (exact) mass is 480 g/mol. The zero-order chi connectivity index (χ0) is 24.4. The SMILES string of the molecule is O=C(Nc1ccc(-c2ncn(-c3ccc(OC(F)(F)F)cc3)n2)cc1)OC1Cc2ccccc2C1. The van der Waals surface area contributed by atoms with Gasteiger partial charge in [0.1, 0.15) is 18.2 Å². The van der Waals surface area contributed by atoms with Crippen molar-refractivity contribution in [2.45, 2.75) is 25.3 Å². The van der Waals surface area contributed by atoms with Gasteiger partial charge in [-0.1, -0.05) is 24.3 Å². The molecule has 1 N–H and O–H groups in total. The number of alkyl halides is 3. The number of anilines is 1. The van der Waals surface area contributed by atoms with Crippen LogP contribution in [0.5, 0.6) is 5.75 Å². The lowest BCUT2D eigenvalue weighted by Gasteiger charge is -2.12. The van der Waals surface area contributed by atoms with Gasteiger partial charge < -0.3 is 9.47 Å². The Balaban J connectivity index is 1.18. The largest absolute Gasteiger partial charge is 0.573 e. The normalized spacial score (nSPS) is 13.3. The lowest BCUT2D eigenvalue weighted by molar-refractivity contribution is -0.274. The Bertz CT molecular complexity index is 1310. The summed E-state index contributed by atoms with van der Waals surface area (Å²) < 4.78 is 47.8. The van der Waals surface area contributed by atoms with E-state index in [2.05, 4.69) is 20.1 Å². The van der Waals surface area contributed by atoms with Gasteiger partial charge in [-0.25, -0.2) is 14.5 Å². The number of rotatable bonds is 5. The molecule has 1 amide bonds. The summed E-state index contributed by atoms with van der Waals surface area (Å²) in [5.41, 5.74) is 4.19. The lowest BCUT2D eigenvalue weighted by atomic mass is 10.1.